The average Bonchev–Trinajstić information content (AvgIpc) is 2.74. The maximum absolute atomic E-state index is 6.04. The second-order valence-electron chi connectivity index (χ2n) is 7.15. The van der Waals surface area contributed by atoms with Crippen LogP contribution in [-0.2, 0) is 11.2 Å². The quantitative estimate of drug-likeness (QED) is 0.474. The van der Waals surface area contributed by atoms with Crippen molar-refractivity contribution in [1.29, 1.82) is 0 Å². The van der Waals surface area contributed by atoms with Gasteiger partial charge in [-0.3, -0.25) is 0 Å². The molecule has 150 valence electrons. The summed E-state index contributed by atoms with van der Waals surface area (Å²) in [4.78, 5) is 2.26. The first kappa shape index (κ1) is 19.3. The number of nitrogens with zero attached hydrogens (tertiary/aromatic N) is 1. The van der Waals surface area contributed by atoms with E-state index in [0.29, 0.717) is 6.61 Å². The number of benzene rings is 3. The zero-order chi connectivity index (χ0) is 20.1. The van der Waals surface area contributed by atoms with Gasteiger partial charge < -0.3 is 19.1 Å². The van der Waals surface area contributed by atoms with Gasteiger partial charge in [0.05, 0.1) is 24.0 Å². The lowest BCUT2D eigenvalue weighted by molar-refractivity contribution is 0.0768. The number of hydrogen-bond donors (Lipinski definition) is 0. The van der Waals surface area contributed by atoms with Gasteiger partial charge >= 0.3 is 0 Å². The van der Waals surface area contributed by atoms with E-state index in [4.69, 9.17) is 14.2 Å². The highest BCUT2D eigenvalue weighted by Gasteiger charge is 2.23. The number of ether oxygens (including phenoxy) is 3. The Balaban J connectivity index is 1.40. The van der Waals surface area contributed by atoms with Crippen LogP contribution >= 0.6 is 0 Å². The van der Waals surface area contributed by atoms with Crippen LogP contribution in [0.4, 0.5) is 11.4 Å². The minimum atomic E-state index is 0.230. The summed E-state index contributed by atoms with van der Waals surface area (Å²) in [5.74, 6) is 2.63. The summed E-state index contributed by atoms with van der Waals surface area (Å²) in [6.45, 7) is 6.19. The van der Waals surface area contributed by atoms with Gasteiger partial charge in [0.25, 0.3) is 0 Å². The Kier molecular flexibility index (Phi) is 6.01. The molecule has 29 heavy (non-hydrogen) atoms. The molecule has 1 heterocycles. The Labute approximate surface area is 172 Å². The maximum Gasteiger partial charge on any atom is 0.151 e. The molecule has 4 rings (SSSR count). The summed E-state index contributed by atoms with van der Waals surface area (Å²) in [7, 11) is 0. The number of hydrogen-bond acceptors (Lipinski definition) is 4. The average molecular weight is 389 g/mol. The van der Waals surface area contributed by atoms with E-state index < -0.39 is 0 Å². The zero-order valence-electron chi connectivity index (χ0n) is 17.0. The van der Waals surface area contributed by atoms with Gasteiger partial charge in [0.1, 0.15) is 12.4 Å². The molecule has 1 aliphatic rings. The van der Waals surface area contributed by atoms with Crippen LogP contribution in [0, 0.1) is 0 Å². The van der Waals surface area contributed by atoms with Crippen LogP contribution in [0.15, 0.2) is 72.8 Å². The van der Waals surface area contributed by atoms with Crippen LogP contribution in [-0.4, -0.2) is 25.9 Å². The second-order valence-corrected chi connectivity index (χ2v) is 7.15. The number of fused-ring (bicyclic) bond motifs is 2. The number of para-hydroxylation sites is 4. The summed E-state index contributed by atoms with van der Waals surface area (Å²) >= 11 is 0. The summed E-state index contributed by atoms with van der Waals surface area (Å²) in [5.41, 5.74) is 3.39. The van der Waals surface area contributed by atoms with Crippen LogP contribution < -0.4 is 14.4 Å². The van der Waals surface area contributed by atoms with E-state index in [-0.39, 0.29) is 6.10 Å². The topological polar surface area (TPSA) is 30.9 Å². The Bertz CT molecular complexity index is 893. The Morgan fingerprint density at radius 1 is 0.862 bits per heavy atom. The molecule has 3 aromatic carbocycles. The Morgan fingerprint density at radius 2 is 1.48 bits per heavy atom. The van der Waals surface area contributed by atoms with Gasteiger partial charge in [-0.25, -0.2) is 0 Å². The minimum Gasteiger partial charge on any atom is -0.492 e. The van der Waals surface area contributed by atoms with Gasteiger partial charge in [-0.1, -0.05) is 36.4 Å². The van der Waals surface area contributed by atoms with Gasteiger partial charge in [-0.05, 0) is 62.2 Å². The third-order valence-electron chi connectivity index (χ3n) is 5.01. The molecule has 3 aromatic rings. The van der Waals surface area contributed by atoms with Crippen LogP contribution in [0.1, 0.15) is 19.4 Å². The highest BCUT2D eigenvalue weighted by atomic mass is 16.5. The molecule has 0 amide bonds. The molecule has 4 heteroatoms. The molecule has 1 unspecified atom stereocenters. The number of rotatable bonds is 8. The van der Waals surface area contributed by atoms with Crippen LogP contribution in [0.5, 0.6) is 17.2 Å². The van der Waals surface area contributed by atoms with Crippen molar-refractivity contribution in [3.8, 4) is 17.2 Å². The predicted octanol–water partition coefficient (Wildman–Crippen LogP) is 5.98. The molecule has 1 atom stereocenters. The van der Waals surface area contributed by atoms with Crippen molar-refractivity contribution in [3.05, 3.63) is 78.4 Å². The lowest BCUT2D eigenvalue weighted by atomic mass is 10.1. The zero-order valence-corrected chi connectivity index (χ0v) is 17.0. The summed E-state index contributed by atoms with van der Waals surface area (Å²) in [5, 5.41) is 0. The van der Waals surface area contributed by atoms with Gasteiger partial charge in [-0.15, -0.1) is 0 Å². The first-order chi connectivity index (χ1) is 14.2. The summed E-state index contributed by atoms with van der Waals surface area (Å²) < 4.78 is 17.7. The SMILES string of the molecule is CCOC(C)Cc1ccc(OCCN2c3ccccc3Oc3ccccc32)cc1. The molecule has 0 spiro atoms. The fourth-order valence-electron chi connectivity index (χ4n) is 3.67. The molecule has 0 saturated heterocycles. The molecule has 0 fully saturated rings. The van der Waals surface area contributed by atoms with E-state index in [1.54, 1.807) is 0 Å². The first-order valence-corrected chi connectivity index (χ1v) is 10.2. The normalized spacial score (nSPS) is 13.2. The highest BCUT2D eigenvalue weighted by molar-refractivity contribution is 5.77. The van der Waals surface area contributed by atoms with E-state index in [9.17, 15) is 0 Å². The van der Waals surface area contributed by atoms with E-state index in [2.05, 4.69) is 36.1 Å². The van der Waals surface area contributed by atoms with Crippen LogP contribution in [0.2, 0.25) is 0 Å². The van der Waals surface area contributed by atoms with Crippen molar-refractivity contribution in [2.45, 2.75) is 26.4 Å². The molecule has 0 radical (unpaired) electrons. The largest absolute Gasteiger partial charge is 0.492 e. The van der Waals surface area contributed by atoms with E-state index in [0.717, 1.165) is 48.2 Å². The predicted molar refractivity (Wildman–Crippen MR) is 117 cm³/mol. The minimum absolute atomic E-state index is 0.230. The van der Waals surface area contributed by atoms with E-state index in [1.807, 2.05) is 55.5 Å². The molecule has 0 saturated carbocycles. The van der Waals surface area contributed by atoms with Crippen molar-refractivity contribution in [2.75, 3.05) is 24.7 Å². The van der Waals surface area contributed by atoms with Crippen molar-refractivity contribution >= 4 is 11.4 Å². The standard InChI is InChI=1S/C25H27NO3/c1-3-27-19(2)18-20-12-14-21(15-13-20)28-17-16-26-22-8-4-6-10-24(22)29-25-11-7-5-9-23(25)26/h4-15,19H,3,16-18H2,1-2H3. The van der Waals surface area contributed by atoms with E-state index >= 15 is 0 Å². The molecule has 0 aliphatic carbocycles. The molecular weight excluding hydrogens is 362 g/mol. The second kappa shape index (κ2) is 9.01. The van der Waals surface area contributed by atoms with Gasteiger partial charge in [0.2, 0.25) is 0 Å². The monoisotopic (exact) mass is 389 g/mol. The van der Waals surface area contributed by atoms with Gasteiger partial charge in [0.15, 0.2) is 11.5 Å². The van der Waals surface area contributed by atoms with Crippen molar-refractivity contribution in [1.82, 2.24) is 0 Å². The highest BCUT2D eigenvalue weighted by Crippen LogP contribution is 2.45. The van der Waals surface area contributed by atoms with Crippen molar-refractivity contribution in [2.24, 2.45) is 0 Å². The van der Waals surface area contributed by atoms with E-state index in [1.165, 1.54) is 5.56 Å². The van der Waals surface area contributed by atoms with Gasteiger partial charge in [0, 0.05) is 6.61 Å². The number of anilines is 2. The lowest BCUT2D eigenvalue weighted by Crippen LogP contribution is -2.26. The lowest BCUT2D eigenvalue weighted by Gasteiger charge is -2.32. The molecule has 0 aromatic heterocycles. The first-order valence-electron chi connectivity index (χ1n) is 10.2. The Morgan fingerprint density at radius 3 is 2.10 bits per heavy atom. The summed E-state index contributed by atoms with van der Waals surface area (Å²) in [6, 6.07) is 24.5. The summed E-state index contributed by atoms with van der Waals surface area (Å²) in [6.07, 6.45) is 1.14. The Hall–Kier alpha value is -2.98. The molecular formula is C25H27NO3. The van der Waals surface area contributed by atoms with Crippen molar-refractivity contribution < 1.29 is 14.2 Å². The van der Waals surface area contributed by atoms with Crippen molar-refractivity contribution in [3.63, 3.8) is 0 Å². The van der Waals surface area contributed by atoms with Crippen LogP contribution in [0.25, 0.3) is 0 Å². The maximum atomic E-state index is 6.04. The smallest absolute Gasteiger partial charge is 0.151 e. The third-order valence-corrected chi connectivity index (χ3v) is 5.01. The molecule has 0 N–H and O–H groups in total. The molecule has 0 bridgehead atoms. The van der Waals surface area contributed by atoms with Gasteiger partial charge in [-0.2, -0.15) is 0 Å². The molecule has 1 aliphatic heterocycles. The molecule has 4 nitrogen and oxygen atoms in total. The fraction of sp³-hybridized carbons (Fsp3) is 0.280. The fourth-order valence-corrected chi connectivity index (χ4v) is 3.67. The van der Waals surface area contributed by atoms with Crippen LogP contribution in [0.3, 0.4) is 0 Å². The third kappa shape index (κ3) is 4.54.